The zero-order valence-corrected chi connectivity index (χ0v) is 16.9. The third-order valence-electron chi connectivity index (χ3n) is 4.27. The van der Waals surface area contributed by atoms with Gasteiger partial charge >= 0.3 is 6.18 Å². The number of pyridine rings is 2. The van der Waals surface area contributed by atoms with Crippen LogP contribution in [0.3, 0.4) is 0 Å². The number of nitrogens with two attached hydrogens (primary N) is 1. The van der Waals surface area contributed by atoms with Crippen molar-refractivity contribution in [2.24, 2.45) is 0 Å². The van der Waals surface area contributed by atoms with Crippen molar-refractivity contribution >= 4 is 35.0 Å². The van der Waals surface area contributed by atoms with Crippen LogP contribution in [0, 0.1) is 5.95 Å². The van der Waals surface area contributed by atoms with E-state index in [0.717, 1.165) is 18.2 Å². The SMILES string of the molecule is Nc1cc(C(F)(F)F)ccc1NC(=O)c1ccc(NC(=O)C/C=C/c2ccc(F)nc2)cn1. The molecule has 0 aliphatic carbocycles. The van der Waals surface area contributed by atoms with Crippen molar-refractivity contribution in [2.45, 2.75) is 12.6 Å². The predicted octanol–water partition coefficient (Wildman–Crippen LogP) is 4.51. The second-order valence-corrected chi connectivity index (χ2v) is 6.75. The first-order chi connectivity index (χ1) is 15.6. The number of alkyl halides is 3. The molecule has 0 saturated heterocycles. The summed E-state index contributed by atoms with van der Waals surface area (Å²) < 4.78 is 50.9. The zero-order chi connectivity index (χ0) is 24.0. The van der Waals surface area contributed by atoms with Gasteiger partial charge in [0.2, 0.25) is 11.9 Å². The van der Waals surface area contributed by atoms with E-state index in [2.05, 4.69) is 20.6 Å². The Hall–Kier alpha value is -4.28. The first-order valence-corrected chi connectivity index (χ1v) is 9.44. The monoisotopic (exact) mass is 459 g/mol. The van der Waals surface area contributed by atoms with Crippen molar-refractivity contribution in [3.63, 3.8) is 0 Å². The van der Waals surface area contributed by atoms with Crippen molar-refractivity contribution < 1.29 is 27.2 Å². The molecule has 33 heavy (non-hydrogen) atoms. The van der Waals surface area contributed by atoms with Crippen molar-refractivity contribution in [1.29, 1.82) is 0 Å². The van der Waals surface area contributed by atoms with Crippen LogP contribution >= 0.6 is 0 Å². The Balaban J connectivity index is 1.55. The summed E-state index contributed by atoms with van der Waals surface area (Å²) in [6.07, 6.45) is 1.27. The Morgan fingerprint density at radius 2 is 1.79 bits per heavy atom. The summed E-state index contributed by atoms with van der Waals surface area (Å²) in [5.74, 6) is -1.63. The summed E-state index contributed by atoms with van der Waals surface area (Å²) in [4.78, 5) is 31.8. The Morgan fingerprint density at radius 1 is 1.00 bits per heavy atom. The van der Waals surface area contributed by atoms with Crippen molar-refractivity contribution in [2.75, 3.05) is 16.4 Å². The van der Waals surface area contributed by atoms with Gasteiger partial charge in [-0.05, 0) is 48.0 Å². The van der Waals surface area contributed by atoms with Crippen LogP contribution in [0.2, 0.25) is 0 Å². The summed E-state index contributed by atoms with van der Waals surface area (Å²) >= 11 is 0. The number of hydrogen-bond donors (Lipinski definition) is 3. The van der Waals surface area contributed by atoms with E-state index in [1.807, 2.05) is 0 Å². The van der Waals surface area contributed by atoms with Gasteiger partial charge in [-0.1, -0.05) is 12.2 Å². The summed E-state index contributed by atoms with van der Waals surface area (Å²) in [7, 11) is 0. The van der Waals surface area contributed by atoms with Gasteiger partial charge in [0.25, 0.3) is 5.91 Å². The lowest BCUT2D eigenvalue weighted by atomic mass is 10.1. The maximum atomic E-state index is 12.8. The zero-order valence-electron chi connectivity index (χ0n) is 16.9. The molecule has 0 aliphatic heterocycles. The summed E-state index contributed by atoms with van der Waals surface area (Å²) in [6, 6.07) is 8.09. The van der Waals surface area contributed by atoms with Gasteiger partial charge in [0.05, 0.1) is 28.8 Å². The highest BCUT2D eigenvalue weighted by atomic mass is 19.4. The van der Waals surface area contributed by atoms with E-state index >= 15 is 0 Å². The van der Waals surface area contributed by atoms with Crippen molar-refractivity contribution in [3.8, 4) is 0 Å². The number of carbonyl (C=O) groups is 2. The number of hydrogen-bond acceptors (Lipinski definition) is 5. The summed E-state index contributed by atoms with van der Waals surface area (Å²) in [5.41, 5.74) is 5.37. The van der Waals surface area contributed by atoms with Crippen molar-refractivity contribution in [3.05, 3.63) is 83.7 Å². The molecule has 0 radical (unpaired) electrons. The van der Waals surface area contributed by atoms with E-state index in [1.165, 1.54) is 36.7 Å². The molecule has 1 aromatic carbocycles. The molecule has 0 atom stereocenters. The van der Waals surface area contributed by atoms with Gasteiger partial charge in [-0.25, -0.2) is 9.97 Å². The van der Waals surface area contributed by atoms with Crippen LogP contribution in [-0.4, -0.2) is 21.8 Å². The van der Waals surface area contributed by atoms with Gasteiger partial charge in [-0.3, -0.25) is 9.59 Å². The fourth-order valence-electron chi connectivity index (χ4n) is 2.64. The minimum atomic E-state index is -4.55. The van der Waals surface area contributed by atoms with E-state index in [1.54, 1.807) is 12.2 Å². The lowest BCUT2D eigenvalue weighted by Crippen LogP contribution is -2.16. The molecule has 0 bridgehead atoms. The molecule has 2 aromatic heterocycles. The predicted molar refractivity (Wildman–Crippen MR) is 115 cm³/mol. The molecular formula is C22H17F4N5O2. The Labute approximate surface area is 185 Å². The third kappa shape index (κ3) is 6.60. The smallest absolute Gasteiger partial charge is 0.397 e. The average molecular weight is 459 g/mol. The lowest BCUT2D eigenvalue weighted by Gasteiger charge is -2.12. The van der Waals surface area contributed by atoms with E-state index in [0.29, 0.717) is 11.3 Å². The number of carbonyl (C=O) groups excluding carboxylic acids is 2. The number of nitrogen functional groups attached to an aromatic ring is 1. The average Bonchev–Trinajstić information content (AvgIpc) is 2.76. The van der Waals surface area contributed by atoms with Crippen LogP contribution in [0.15, 0.2) is 60.9 Å². The molecule has 3 rings (SSSR count). The maximum Gasteiger partial charge on any atom is 0.416 e. The Bertz CT molecular complexity index is 1180. The molecule has 0 fully saturated rings. The van der Waals surface area contributed by atoms with Gasteiger partial charge < -0.3 is 16.4 Å². The van der Waals surface area contributed by atoms with E-state index < -0.39 is 23.6 Å². The minimum Gasteiger partial charge on any atom is -0.397 e. The Morgan fingerprint density at radius 3 is 2.39 bits per heavy atom. The second-order valence-electron chi connectivity index (χ2n) is 6.75. The number of aromatic nitrogens is 2. The molecule has 2 amide bonds. The summed E-state index contributed by atoms with van der Waals surface area (Å²) in [5, 5.41) is 4.99. The van der Waals surface area contributed by atoms with E-state index in [9.17, 15) is 27.2 Å². The highest BCUT2D eigenvalue weighted by Gasteiger charge is 2.30. The van der Waals surface area contributed by atoms with Crippen LogP contribution in [0.5, 0.6) is 0 Å². The third-order valence-corrected chi connectivity index (χ3v) is 4.27. The van der Waals surface area contributed by atoms with Crippen LogP contribution in [0.25, 0.3) is 6.08 Å². The van der Waals surface area contributed by atoms with Crippen LogP contribution in [0.4, 0.5) is 34.6 Å². The largest absolute Gasteiger partial charge is 0.416 e. The van der Waals surface area contributed by atoms with Gasteiger partial charge in [0.15, 0.2) is 0 Å². The summed E-state index contributed by atoms with van der Waals surface area (Å²) in [6.45, 7) is 0. The highest BCUT2D eigenvalue weighted by Crippen LogP contribution is 2.32. The standard InChI is InChI=1S/C22H17F4N5O2/c23-19-9-4-13(11-29-19)2-1-3-20(32)30-15-6-8-18(28-12-15)21(33)31-17-7-5-14(10-16(17)27)22(24,25)26/h1-2,4-12H,3,27H2,(H,30,32)(H,31,33)/b2-1+. The molecule has 2 heterocycles. The number of amides is 2. The normalized spacial score (nSPS) is 11.4. The van der Waals surface area contributed by atoms with Crippen LogP contribution < -0.4 is 16.4 Å². The lowest BCUT2D eigenvalue weighted by molar-refractivity contribution is -0.137. The van der Waals surface area contributed by atoms with Crippen molar-refractivity contribution in [1.82, 2.24) is 9.97 Å². The van der Waals surface area contributed by atoms with Crippen LogP contribution in [0.1, 0.15) is 28.0 Å². The van der Waals surface area contributed by atoms with E-state index in [-0.39, 0.29) is 29.4 Å². The first kappa shape index (κ1) is 23.4. The number of benzene rings is 1. The molecule has 170 valence electrons. The van der Waals surface area contributed by atoms with E-state index in [4.69, 9.17) is 5.73 Å². The molecule has 0 unspecified atom stereocenters. The second kappa shape index (κ2) is 9.90. The Kier molecular flexibility index (Phi) is 7.01. The quantitative estimate of drug-likeness (QED) is 0.285. The highest BCUT2D eigenvalue weighted by molar-refractivity contribution is 6.04. The fourth-order valence-corrected chi connectivity index (χ4v) is 2.64. The number of nitrogens with zero attached hydrogens (tertiary/aromatic N) is 2. The van der Waals surface area contributed by atoms with Crippen LogP contribution in [-0.2, 0) is 11.0 Å². The first-order valence-electron chi connectivity index (χ1n) is 9.44. The number of nitrogens with one attached hydrogen (secondary N) is 2. The molecule has 0 spiro atoms. The van der Waals surface area contributed by atoms with Gasteiger partial charge in [-0.15, -0.1) is 0 Å². The van der Waals surface area contributed by atoms with Gasteiger partial charge in [0, 0.05) is 12.6 Å². The molecule has 7 nitrogen and oxygen atoms in total. The number of anilines is 3. The topological polar surface area (TPSA) is 110 Å². The molecular weight excluding hydrogens is 442 g/mol. The molecule has 4 N–H and O–H groups in total. The van der Waals surface area contributed by atoms with Gasteiger partial charge in [-0.2, -0.15) is 17.6 Å². The molecule has 11 heteroatoms. The number of rotatable bonds is 6. The molecule has 0 aliphatic rings. The molecule has 3 aromatic rings. The fraction of sp³-hybridized carbons (Fsp3) is 0.0909. The van der Waals surface area contributed by atoms with Gasteiger partial charge in [0.1, 0.15) is 5.69 Å². The molecule has 0 saturated carbocycles. The number of halogens is 4. The maximum absolute atomic E-state index is 12.8. The minimum absolute atomic E-state index is 0.00956.